The standard InChI is InChI=1S/C36H40N6O8/c1-22(19-43)42-32-34(46)40(21-41-26-14-9-8-13-24(26)38-39-41)18-10-4-7-15-28(44)37-25(20-48-2)31(23-11-5-3-6-12-23)49-35(47)29-27-16-17-36(32,50-27)30(29)33(42)45/h3-6,8-14,16-17,22,25,27,29-32,43H,7,15,18-21H2,1-2H3,(H,37,44)/b10-4-/t22-,25-,27+,29-,30-,31-,32+,36-/m1/s1. The number of cyclic esters (lactones) is 1. The van der Waals surface area contributed by atoms with Crippen molar-refractivity contribution in [3.63, 3.8) is 0 Å². The zero-order valence-electron chi connectivity index (χ0n) is 27.8. The molecule has 4 aliphatic rings. The summed E-state index contributed by atoms with van der Waals surface area (Å²) in [5, 5.41) is 21.8. The van der Waals surface area contributed by atoms with E-state index in [1.54, 1.807) is 54.1 Å². The number of rotatable bonds is 7. The molecule has 4 aliphatic heterocycles. The monoisotopic (exact) mass is 684 g/mol. The SMILES string of the molecule is COC[C@H]1NC(=O)CC/C=C\CN(Cn2nnc3ccccc32)C(=O)[C@@H]2N([C@H](C)CO)C(=O)[C@H]3[C@H](C(=O)O[C@@H]1c1ccccc1)[C@@H]1C=C[C@]23O1. The Morgan fingerprint density at radius 1 is 1.06 bits per heavy atom. The Hall–Kier alpha value is -4.92. The van der Waals surface area contributed by atoms with Crippen LogP contribution in [0.4, 0.5) is 0 Å². The zero-order chi connectivity index (χ0) is 35.0. The van der Waals surface area contributed by atoms with Crippen molar-refractivity contribution in [1.29, 1.82) is 0 Å². The van der Waals surface area contributed by atoms with Crippen LogP contribution in [-0.2, 0) is 40.1 Å². The van der Waals surface area contributed by atoms with Crippen LogP contribution in [0.2, 0.25) is 0 Å². The van der Waals surface area contributed by atoms with Crippen LogP contribution in [0.15, 0.2) is 78.9 Å². The Kier molecular flexibility index (Phi) is 9.24. The van der Waals surface area contributed by atoms with E-state index < -0.39 is 72.2 Å². The maximum atomic E-state index is 14.9. The molecule has 1 aromatic heterocycles. The summed E-state index contributed by atoms with van der Waals surface area (Å²) in [5.74, 6) is -4.10. The summed E-state index contributed by atoms with van der Waals surface area (Å²) in [6, 6.07) is 13.7. The number of ether oxygens (including phenoxy) is 3. The van der Waals surface area contributed by atoms with Crippen LogP contribution in [0, 0.1) is 11.8 Å². The van der Waals surface area contributed by atoms with Crippen molar-refractivity contribution >= 4 is 34.7 Å². The van der Waals surface area contributed by atoms with E-state index in [0.717, 1.165) is 0 Å². The van der Waals surface area contributed by atoms with Gasteiger partial charge >= 0.3 is 5.97 Å². The fourth-order valence-corrected chi connectivity index (χ4v) is 7.72. The van der Waals surface area contributed by atoms with Gasteiger partial charge in [0.2, 0.25) is 11.8 Å². The summed E-state index contributed by atoms with van der Waals surface area (Å²) >= 11 is 0. The molecule has 3 amide bonds. The van der Waals surface area contributed by atoms with Crippen molar-refractivity contribution in [3.05, 3.63) is 84.5 Å². The molecule has 5 heterocycles. The Morgan fingerprint density at radius 3 is 2.62 bits per heavy atom. The van der Waals surface area contributed by atoms with Gasteiger partial charge in [-0.1, -0.05) is 72.0 Å². The van der Waals surface area contributed by atoms with Gasteiger partial charge in [0.1, 0.15) is 35.9 Å². The van der Waals surface area contributed by atoms with Gasteiger partial charge in [0.05, 0.1) is 42.8 Å². The number of para-hydroxylation sites is 1. The van der Waals surface area contributed by atoms with E-state index in [4.69, 9.17) is 14.2 Å². The lowest BCUT2D eigenvalue weighted by atomic mass is 9.74. The van der Waals surface area contributed by atoms with Crippen LogP contribution in [-0.4, -0.2) is 110 Å². The fraction of sp³-hybridized carbons (Fsp3) is 0.444. The van der Waals surface area contributed by atoms with Crippen LogP contribution < -0.4 is 5.32 Å². The van der Waals surface area contributed by atoms with Gasteiger partial charge in [-0.15, -0.1) is 5.10 Å². The van der Waals surface area contributed by atoms with Crippen molar-refractivity contribution in [3.8, 4) is 0 Å². The third kappa shape index (κ3) is 5.76. The fourth-order valence-electron chi connectivity index (χ4n) is 7.72. The third-order valence-electron chi connectivity index (χ3n) is 10.1. The Morgan fingerprint density at radius 2 is 1.84 bits per heavy atom. The highest BCUT2D eigenvalue weighted by atomic mass is 16.6. The highest BCUT2D eigenvalue weighted by Crippen LogP contribution is 2.56. The van der Waals surface area contributed by atoms with Gasteiger partial charge in [-0.25, -0.2) is 4.68 Å². The van der Waals surface area contributed by atoms with Gasteiger partial charge in [-0.05, 0) is 31.0 Å². The average Bonchev–Trinajstić information content (AvgIpc) is 3.88. The number of nitrogens with zero attached hydrogens (tertiary/aromatic N) is 5. The largest absolute Gasteiger partial charge is 0.455 e. The number of fused-ring (bicyclic) bond motifs is 3. The number of nitrogens with one attached hydrogen (secondary N) is 1. The molecular weight excluding hydrogens is 644 g/mol. The molecule has 50 heavy (non-hydrogen) atoms. The Balaban J connectivity index is 1.31. The first-order chi connectivity index (χ1) is 24.3. The minimum absolute atomic E-state index is 0.00692. The van der Waals surface area contributed by atoms with Crippen molar-refractivity contribution in [2.45, 2.75) is 62.4 Å². The van der Waals surface area contributed by atoms with Gasteiger partial charge in [0, 0.05) is 20.1 Å². The number of allylic oxidation sites excluding steroid dienone is 1. The second-order valence-corrected chi connectivity index (χ2v) is 13.2. The van der Waals surface area contributed by atoms with Gasteiger partial charge < -0.3 is 34.4 Å². The number of esters is 1. The number of benzene rings is 2. The molecule has 262 valence electrons. The van der Waals surface area contributed by atoms with Crippen molar-refractivity contribution in [1.82, 2.24) is 30.1 Å². The van der Waals surface area contributed by atoms with Crippen LogP contribution in [0.25, 0.3) is 11.0 Å². The number of aliphatic hydroxyl groups excluding tert-OH is 1. The van der Waals surface area contributed by atoms with Gasteiger partial charge in [0.25, 0.3) is 5.91 Å². The second kappa shape index (κ2) is 13.8. The Bertz CT molecular complexity index is 1830. The third-order valence-corrected chi connectivity index (χ3v) is 10.1. The van der Waals surface area contributed by atoms with Gasteiger partial charge in [-0.3, -0.25) is 19.2 Å². The first kappa shape index (κ1) is 33.6. The summed E-state index contributed by atoms with van der Waals surface area (Å²) in [5.41, 5.74) is 0.505. The minimum atomic E-state index is -1.49. The van der Waals surface area contributed by atoms with Crippen molar-refractivity contribution < 1.29 is 38.5 Å². The number of carbonyl (C=O) groups is 4. The molecule has 2 N–H and O–H groups in total. The smallest absolute Gasteiger partial charge is 0.313 e. The van der Waals surface area contributed by atoms with Crippen molar-refractivity contribution in [2.75, 3.05) is 26.9 Å². The summed E-state index contributed by atoms with van der Waals surface area (Å²) < 4.78 is 19.8. The summed E-state index contributed by atoms with van der Waals surface area (Å²) in [7, 11) is 1.50. The van der Waals surface area contributed by atoms with Crippen LogP contribution >= 0.6 is 0 Å². The number of aromatic nitrogens is 3. The minimum Gasteiger partial charge on any atom is -0.455 e. The molecule has 0 aliphatic carbocycles. The Labute approximate surface area is 288 Å². The quantitative estimate of drug-likeness (QED) is 0.275. The molecule has 2 fully saturated rings. The number of hydrogen-bond donors (Lipinski definition) is 2. The van der Waals surface area contributed by atoms with E-state index >= 15 is 0 Å². The number of carbonyl (C=O) groups excluding carboxylic acids is 4. The van der Waals surface area contributed by atoms with Crippen LogP contribution in [0.1, 0.15) is 31.4 Å². The van der Waals surface area contributed by atoms with E-state index in [9.17, 15) is 24.3 Å². The first-order valence-corrected chi connectivity index (χ1v) is 16.8. The predicted octanol–water partition coefficient (Wildman–Crippen LogP) is 1.51. The molecule has 1 spiro atoms. The molecule has 14 nitrogen and oxygen atoms in total. The zero-order valence-corrected chi connectivity index (χ0v) is 27.8. The molecule has 14 heteroatoms. The molecule has 7 rings (SSSR count). The van der Waals surface area contributed by atoms with Crippen LogP contribution in [0.5, 0.6) is 0 Å². The van der Waals surface area contributed by atoms with Crippen LogP contribution in [0.3, 0.4) is 0 Å². The lowest BCUT2D eigenvalue weighted by Crippen LogP contribution is -2.58. The van der Waals surface area contributed by atoms with E-state index in [1.807, 2.05) is 36.4 Å². The van der Waals surface area contributed by atoms with E-state index in [2.05, 4.69) is 15.6 Å². The van der Waals surface area contributed by atoms with E-state index in [0.29, 0.717) is 23.0 Å². The number of amides is 3. The second-order valence-electron chi connectivity index (χ2n) is 13.2. The maximum Gasteiger partial charge on any atom is 0.313 e. The lowest BCUT2D eigenvalue weighted by Gasteiger charge is -2.37. The topological polar surface area (TPSA) is 165 Å². The molecule has 2 saturated heterocycles. The molecule has 2 aromatic carbocycles. The predicted molar refractivity (Wildman–Crippen MR) is 178 cm³/mol. The van der Waals surface area contributed by atoms with Crippen molar-refractivity contribution in [2.24, 2.45) is 11.8 Å². The lowest BCUT2D eigenvalue weighted by molar-refractivity contribution is -0.163. The number of hydrogen-bond acceptors (Lipinski definition) is 10. The number of aliphatic hydroxyl groups is 1. The first-order valence-electron chi connectivity index (χ1n) is 16.8. The van der Waals surface area contributed by atoms with Gasteiger partial charge in [-0.2, -0.15) is 0 Å². The molecule has 3 aromatic rings. The van der Waals surface area contributed by atoms with E-state index in [-0.39, 0.29) is 32.1 Å². The molecule has 0 saturated carbocycles. The average molecular weight is 685 g/mol. The number of likely N-dealkylation sites (tertiary alicyclic amines) is 1. The highest BCUT2D eigenvalue weighted by molar-refractivity contribution is 5.99. The van der Waals surface area contributed by atoms with Gasteiger partial charge in [0.15, 0.2) is 0 Å². The summed E-state index contributed by atoms with van der Waals surface area (Å²) in [6.45, 7) is 1.40. The highest BCUT2D eigenvalue weighted by Gasteiger charge is 2.74. The summed E-state index contributed by atoms with van der Waals surface area (Å²) in [6.07, 6.45) is 5.76. The number of methoxy groups -OCH3 is 1. The summed E-state index contributed by atoms with van der Waals surface area (Å²) in [4.78, 5) is 59.8. The maximum absolute atomic E-state index is 14.9. The molecule has 0 radical (unpaired) electrons. The molecular formula is C36H40N6O8. The molecule has 8 atom stereocenters. The van der Waals surface area contributed by atoms with E-state index in [1.165, 1.54) is 16.9 Å². The molecule has 0 unspecified atom stereocenters. The molecule has 5 bridgehead atoms. The normalized spacial score (nSPS) is 31.2.